The van der Waals surface area contributed by atoms with Crippen molar-refractivity contribution in [2.45, 2.75) is 6.10 Å². The summed E-state index contributed by atoms with van der Waals surface area (Å²) in [7, 11) is 1.41. The van der Waals surface area contributed by atoms with Crippen LogP contribution >= 0.6 is 11.6 Å². The van der Waals surface area contributed by atoms with Gasteiger partial charge in [-0.2, -0.15) is 0 Å². The lowest BCUT2D eigenvalue weighted by molar-refractivity contribution is -0.136. The Balaban J connectivity index is 1.93. The molecule has 0 spiro atoms. The summed E-state index contributed by atoms with van der Waals surface area (Å²) in [6.45, 7) is -0.0314. The Labute approximate surface area is 147 Å². The first kappa shape index (κ1) is 18.8. The molecule has 0 heterocycles. The van der Waals surface area contributed by atoms with Gasteiger partial charge in [-0.25, -0.2) is 8.78 Å². The van der Waals surface area contributed by atoms with Crippen molar-refractivity contribution in [3.8, 4) is 0 Å². The van der Waals surface area contributed by atoms with Crippen molar-refractivity contribution in [3.05, 3.63) is 64.7 Å². The number of carbonyl (C=O) groups is 2. The maximum atomic E-state index is 13.2. The van der Waals surface area contributed by atoms with Crippen molar-refractivity contribution in [3.63, 3.8) is 0 Å². The highest BCUT2D eigenvalue weighted by Gasteiger charge is 2.18. The van der Waals surface area contributed by atoms with Crippen LogP contribution in [0.1, 0.15) is 11.7 Å². The van der Waals surface area contributed by atoms with Gasteiger partial charge in [0.2, 0.25) is 0 Å². The molecule has 1 unspecified atom stereocenters. The summed E-state index contributed by atoms with van der Waals surface area (Å²) in [5, 5.41) is 4.51. The molecule has 0 aromatic heterocycles. The first-order valence-electron chi connectivity index (χ1n) is 7.23. The Hall–Kier alpha value is -2.51. The van der Waals surface area contributed by atoms with Gasteiger partial charge in [-0.05, 0) is 35.9 Å². The lowest BCUT2D eigenvalue weighted by Gasteiger charge is -2.16. The first-order chi connectivity index (χ1) is 11.9. The Bertz CT molecular complexity index is 786. The molecule has 5 nitrogen and oxygen atoms in total. The van der Waals surface area contributed by atoms with Gasteiger partial charge < -0.3 is 15.4 Å². The average Bonchev–Trinajstić information content (AvgIpc) is 2.58. The van der Waals surface area contributed by atoms with E-state index in [1.807, 2.05) is 0 Å². The zero-order valence-electron chi connectivity index (χ0n) is 13.2. The summed E-state index contributed by atoms with van der Waals surface area (Å²) in [6, 6.07) is 9.26. The third-order valence-corrected chi connectivity index (χ3v) is 3.63. The molecular weight excluding hydrogens is 354 g/mol. The van der Waals surface area contributed by atoms with Crippen LogP contribution in [0, 0.1) is 11.6 Å². The molecule has 8 heteroatoms. The van der Waals surface area contributed by atoms with Gasteiger partial charge >= 0.3 is 11.8 Å². The van der Waals surface area contributed by atoms with Gasteiger partial charge in [-0.15, -0.1) is 0 Å². The molecule has 2 amide bonds. The lowest BCUT2D eigenvalue weighted by Crippen LogP contribution is -2.38. The number of ether oxygens (including phenoxy) is 1. The fourth-order valence-corrected chi connectivity index (χ4v) is 2.25. The molecule has 0 aliphatic heterocycles. The number of hydrogen-bond acceptors (Lipinski definition) is 3. The highest BCUT2D eigenvalue weighted by Crippen LogP contribution is 2.19. The van der Waals surface area contributed by atoms with Gasteiger partial charge in [-0.3, -0.25) is 9.59 Å². The van der Waals surface area contributed by atoms with Gasteiger partial charge in [0.25, 0.3) is 0 Å². The minimum absolute atomic E-state index is 0.0314. The maximum absolute atomic E-state index is 13.2. The van der Waals surface area contributed by atoms with Crippen molar-refractivity contribution >= 4 is 29.1 Å². The largest absolute Gasteiger partial charge is 0.375 e. The number of halogens is 3. The zero-order chi connectivity index (χ0) is 18.4. The molecule has 1 atom stereocenters. The lowest BCUT2D eigenvalue weighted by atomic mass is 10.1. The van der Waals surface area contributed by atoms with Crippen molar-refractivity contribution in [1.29, 1.82) is 0 Å². The predicted octanol–water partition coefficient (Wildman–Crippen LogP) is 3.06. The average molecular weight is 369 g/mol. The van der Waals surface area contributed by atoms with E-state index in [2.05, 4.69) is 10.6 Å². The second-order valence-electron chi connectivity index (χ2n) is 5.07. The van der Waals surface area contributed by atoms with Crippen LogP contribution in [0.4, 0.5) is 14.5 Å². The van der Waals surface area contributed by atoms with Gasteiger partial charge in [0.05, 0.1) is 11.1 Å². The van der Waals surface area contributed by atoms with Crippen LogP contribution in [0.5, 0.6) is 0 Å². The van der Waals surface area contributed by atoms with Crippen molar-refractivity contribution in [2.75, 3.05) is 19.0 Å². The Morgan fingerprint density at radius 2 is 1.92 bits per heavy atom. The second kappa shape index (κ2) is 8.55. The quantitative estimate of drug-likeness (QED) is 0.797. The molecule has 132 valence electrons. The molecule has 0 fully saturated rings. The number of carbonyl (C=O) groups excluding carboxylic acids is 2. The van der Waals surface area contributed by atoms with Gasteiger partial charge in [0, 0.05) is 19.3 Å². The van der Waals surface area contributed by atoms with Gasteiger partial charge in [-0.1, -0.05) is 23.7 Å². The number of benzene rings is 2. The number of anilines is 1. The molecule has 2 aromatic carbocycles. The second-order valence-corrected chi connectivity index (χ2v) is 5.48. The van der Waals surface area contributed by atoms with E-state index >= 15 is 0 Å². The molecule has 0 radical (unpaired) electrons. The fraction of sp³-hybridized carbons (Fsp3) is 0.176. The Morgan fingerprint density at radius 1 is 1.16 bits per heavy atom. The SMILES string of the molecule is COC(CNC(=O)C(=O)Nc1ccc(F)c(Cl)c1)c1cccc(F)c1. The highest BCUT2D eigenvalue weighted by molar-refractivity contribution is 6.39. The number of nitrogens with one attached hydrogen (secondary N) is 2. The van der Waals surface area contributed by atoms with E-state index in [1.54, 1.807) is 6.07 Å². The minimum atomic E-state index is -0.947. The van der Waals surface area contributed by atoms with E-state index in [0.29, 0.717) is 5.56 Å². The maximum Gasteiger partial charge on any atom is 0.313 e. The molecular formula is C17H15ClF2N2O3. The Morgan fingerprint density at radius 3 is 2.56 bits per heavy atom. The van der Waals surface area contributed by atoms with E-state index in [4.69, 9.17) is 16.3 Å². The summed E-state index contributed by atoms with van der Waals surface area (Å²) in [5.41, 5.74) is 0.702. The number of amides is 2. The topological polar surface area (TPSA) is 67.4 Å². The summed E-state index contributed by atoms with van der Waals surface area (Å²) >= 11 is 5.60. The fourth-order valence-electron chi connectivity index (χ4n) is 2.07. The van der Waals surface area contributed by atoms with E-state index < -0.39 is 29.6 Å². The van der Waals surface area contributed by atoms with Crippen LogP contribution < -0.4 is 10.6 Å². The molecule has 2 rings (SSSR count). The minimum Gasteiger partial charge on any atom is -0.375 e. The molecule has 2 N–H and O–H groups in total. The first-order valence-corrected chi connectivity index (χ1v) is 7.61. The van der Waals surface area contributed by atoms with Gasteiger partial charge in [0.15, 0.2) is 0 Å². The van der Waals surface area contributed by atoms with E-state index in [9.17, 15) is 18.4 Å². The van der Waals surface area contributed by atoms with Crippen molar-refractivity contribution in [1.82, 2.24) is 5.32 Å². The number of hydrogen-bond donors (Lipinski definition) is 2. The zero-order valence-corrected chi connectivity index (χ0v) is 13.9. The molecule has 25 heavy (non-hydrogen) atoms. The summed E-state index contributed by atoms with van der Waals surface area (Å²) < 4.78 is 31.5. The van der Waals surface area contributed by atoms with Crippen LogP contribution in [0.25, 0.3) is 0 Å². The molecule has 0 bridgehead atoms. The normalized spacial score (nSPS) is 11.7. The molecule has 0 aliphatic carbocycles. The van der Waals surface area contributed by atoms with Crippen LogP contribution in [-0.4, -0.2) is 25.5 Å². The van der Waals surface area contributed by atoms with Crippen LogP contribution in [0.15, 0.2) is 42.5 Å². The highest BCUT2D eigenvalue weighted by atomic mass is 35.5. The monoisotopic (exact) mass is 368 g/mol. The van der Waals surface area contributed by atoms with Gasteiger partial charge in [0.1, 0.15) is 11.6 Å². The summed E-state index contributed by atoms with van der Waals surface area (Å²) in [6.07, 6.45) is -0.618. The third kappa shape index (κ3) is 5.23. The van der Waals surface area contributed by atoms with E-state index in [1.165, 1.54) is 37.4 Å². The summed E-state index contributed by atoms with van der Waals surface area (Å²) in [4.78, 5) is 23.7. The van der Waals surface area contributed by atoms with Crippen LogP contribution in [0.2, 0.25) is 5.02 Å². The Kier molecular flexibility index (Phi) is 6.44. The van der Waals surface area contributed by atoms with Crippen LogP contribution in [-0.2, 0) is 14.3 Å². The summed E-state index contributed by atoms with van der Waals surface area (Å²) in [5.74, 6) is -2.94. The number of rotatable bonds is 5. The predicted molar refractivity (Wildman–Crippen MR) is 89.2 cm³/mol. The smallest absolute Gasteiger partial charge is 0.313 e. The van der Waals surface area contributed by atoms with Crippen molar-refractivity contribution < 1.29 is 23.1 Å². The third-order valence-electron chi connectivity index (χ3n) is 3.34. The molecule has 0 aliphatic rings. The molecule has 0 saturated carbocycles. The number of methoxy groups -OCH3 is 1. The van der Waals surface area contributed by atoms with E-state index in [-0.39, 0.29) is 17.3 Å². The molecule has 0 saturated heterocycles. The molecule has 2 aromatic rings. The van der Waals surface area contributed by atoms with Crippen molar-refractivity contribution in [2.24, 2.45) is 0 Å². The van der Waals surface area contributed by atoms with Crippen LogP contribution in [0.3, 0.4) is 0 Å². The van der Waals surface area contributed by atoms with E-state index in [0.717, 1.165) is 6.07 Å². The standard InChI is InChI=1S/C17H15ClF2N2O3/c1-25-15(10-3-2-4-11(19)7-10)9-21-16(23)17(24)22-12-5-6-14(20)13(18)8-12/h2-8,15H,9H2,1H3,(H,21,23)(H,22,24).